The monoisotopic (exact) mass is 385 g/mol. The van der Waals surface area contributed by atoms with E-state index in [4.69, 9.17) is 0 Å². The van der Waals surface area contributed by atoms with Gasteiger partial charge in [0.05, 0.1) is 17.1 Å². The smallest absolute Gasteiger partial charge is 0.319 e. The summed E-state index contributed by atoms with van der Waals surface area (Å²) in [4.78, 5) is 0. The lowest BCUT2D eigenvalue weighted by Crippen LogP contribution is -2.39. The minimum absolute atomic E-state index is 0. The molecule has 0 unspecified atom stereocenters. The van der Waals surface area contributed by atoms with E-state index in [1.165, 1.54) is 16.4 Å². The number of benzene rings is 2. The van der Waals surface area contributed by atoms with E-state index in [1.807, 2.05) is 14.0 Å². The van der Waals surface area contributed by atoms with Crippen LogP contribution in [-0.4, -0.2) is 28.6 Å². The van der Waals surface area contributed by atoms with Crippen molar-refractivity contribution in [3.63, 3.8) is 0 Å². The molecule has 0 aliphatic carbocycles. The predicted octanol–water partition coefficient (Wildman–Crippen LogP) is 3.31. The van der Waals surface area contributed by atoms with Crippen molar-refractivity contribution in [3.8, 4) is 0 Å². The highest BCUT2D eigenvalue weighted by molar-refractivity contribution is 7.95. The van der Waals surface area contributed by atoms with Crippen molar-refractivity contribution in [2.24, 2.45) is 5.92 Å². The maximum atomic E-state index is 14.3. The van der Waals surface area contributed by atoms with Crippen molar-refractivity contribution in [3.05, 3.63) is 54.3 Å². The zero-order valence-corrected chi connectivity index (χ0v) is 15.6. The van der Waals surface area contributed by atoms with Gasteiger partial charge in [-0.1, -0.05) is 31.2 Å². The van der Waals surface area contributed by atoms with Gasteiger partial charge in [-0.2, -0.15) is 8.42 Å². The van der Waals surface area contributed by atoms with Gasteiger partial charge in [-0.3, -0.25) is 4.31 Å². The number of nitrogens with zero attached hydrogens (tertiary/aromatic N) is 2. The molecule has 3 rings (SSSR count). The van der Waals surface area contributed by atoms with Crippen LogP contribution in [0.1, 0.15) is 6.92 Å². The Bertz CT molecular complexity index is 847. The molecule has 1 atom stereocenters. The van der Waals surface area contributed by atoms with Crippen molar-refractivity contribution in [1.29, 1.82) is 0 Å². The lowest BCUT2D eigenvalue weighted by molar-refractivity contribution is 0.542. The molecule has 0 bridgehead atoms. The fraction of sp³-hybridized carbons (Fsp3) is 0.294. The second-order valence-electron chi connectivity index (χ2n) is 5.91. The van der Waals surface area contributed by atoms with Gasteiger partial charge in [0, 0.05) is 6.54 Å². The van der Waals surface area contributed by atoms with Gasteiger partial charge < -0.3 is 5.32 Å². The van der Waals surface area contributed by atoms with Gasteiger partial charge in [-0.25, -0.2) is 8.70 Å². The topological polar surface area (TPSA) is 52.6 Å². The first-order chi connectivity index (χ1) is 11.5. The standard InChI is InChI=1S/C17H20FN3O2S.ClH/c1-13(11-19-2)12-20-16-9-5-6-10-17(16)21(24(20,22)23)15-8-4-3-7-14(15)18;/h3-10,13,19H,11-12H2,1-2H3;1H/t13-;/m1./s1. The second kappa shape index (κ2) is 7.59. The normalized spacial score (nSPS) is 16.3. The molecule has 0 saturated heterocycles. The van der Waals surface area contributed by atoms with E-state index in [0.29, 0.717) is 24.5 Å². The Kier molecular flexibility index (Phi) is 5.92. The molecular formula is C17H21ClFN3O2S. The number of para-hydroxylation sites is 3. The average molecular weight is 386 g/mol. The molecule has 2 aromatic carbocycles. The van der Waals surface area contributed by atoms with Crippen LogP contribution >= 0.6 is 12.4 Å². The van der Waals surface area contributed by atoms with Crippen LogP contribution in [-0.2, 0) is 10.2 Å². The van der Waals surface area contributed by atoms with Gasteiger partial charge in [0.15, 0.2) is 0 Å². The van der Waals surface area contributed by atoms with Crippen molar-refractivity contribution in [2.45, 2.75) is 6.92 Å². The summed E-state index contributed by atoms with van der Waals surface area (Å²) in [5.74, 6) is -0.459. The van der Waals surface area contributed by atoms with Crippen LogP contribution in [0.4, 0.5) is 21.5 Å². The average Bonchev–Trinajstić information content (AvgIpc) is 2.76. The summed E-state index contributed by atoms with van der Waals surface area (Å²) in [6, 6.07) is 12.9. The summed E-state index contributed by atoms with van der Waals surface area (Å²) in [6.07, 6.45) is 0. The molecule has 0 radical (unpaired) electrons. The van der Waals surface area contributed by atoms with Gasteiger partial charge in [0.25, 0.3) is 0 Å². The van der Waals surface area contributed by atoms with E-state index in [0.717, 1.165) is 4.31 Å². The highest BCUT2D eigenvalue weighted by atomic mass is 35.5. The van der Waals surface area contributed by atoms with Crippen LogP contribution in [0.25, 0.3) is 0 Å². The van der Waals surface area contributed by atoms with E-state index >= 15 is 0 Å². The van der Waals surface area contributed by atoms with Crippen LogP contribution in [0, 0.1) is 11.7 Å². The van der Waals surface area contributed by atoms with Crippen molar-refractivity contribution in [1.82, 2.24) is 5.32 Å². The molecule has 8 heteroatoms. The van der Waals surface area contributed by atoms with Gasteiger partial charge in [0.1, 0.15) is 5.82 Å². The third-order valence-electron chi connectivity index (χ3n) is 3.98. The third kappa shape index (κ3) is 3.44. The Morgan fingerprint density at radius 3 is 2.20 bits per heavy atom. The number of hydrogen-bond donors (Lipinski definition) is 1. The lowest BCUT2D eigenvalue weighted by atomic mass is 10.1. The summed E-state index contributed by atoms with van der Waals surface area (Å²) in [6.45, 7) is 2.99. The minimum atomic E-state index is -3.88. The van der Waals surface area contributed by atoms with Crippen LogP contribution < -0.4 is 13.9 Å². The van der Waals surface area contributed by atoms with E-state index in [2.05, 4.69) is 5.32 Å². The van der Waals surface area contributed by atoms with E-state index < -0.39 is 16.0 Å². The SMILES string of the molecule is CNC[C@@H](C)CN1c2ccccc2N(c2ccccc2F)S1(=O)=O.Cl. The Balaban J connectivity index is 0.00000225. The highest BCUT2D eigenvalue weighted by Crippen LogP contribution is 2.45. The van der Waals surface area contributed by atoms with Crippen LogP contribution in [0.5, 0.6) is 0 Å². The molecule has 2 aromatic rings. The summed E-state index contributed by atoms with van der Waals surface area (Å²) in [5, 5.41) is 3.05. The van der Waals surface area contributed by atoms with Crippen molar-refractivity contribution >= 4 is 39.7 Å². The molecule has 0 fully saturated rings. The highest BCUT2D eigenvalue weighted by Gasteiger charge is 2.42. The Labute approximate surface area is 154 Å². The predicted molar refractivity (Wildman–Crippen MR) is 102 cm³/mol. The number of hydrogen-bond acceptors (Lipinski definition) is 3. The minimum Gasteiger partial charge on any atom is -0.319 e. The molecule has 136 valence electrons. The largest absolute Gasteiger partial charge is 0.331 e. The lowest BCUT2D eigenvalue weighted by Gasteiger charge is -2.24. The zero-order chi connectivity index (χ0) is 17.3. The summed E-state index contributed by atoms with van der Waals surface area (Å²) >= 11 is 0. The number of anilines is 3. The molecule has 5 nitrogen and oxygen atoms in total. The van der Waals surface area contributed by atoms with Crippen LogP contribution in [0.15, 0.2) is 48.5 Å². The van der Waals surface area contributed by atoms with Gasteiger partial charge in [0.2, 0.25) is 0 Å². The summed E-state index contributed by atoms with van der Waals surface area (Å²) < 4.78 is 42.9. The Morgan fingerprint density at radius 2 is 1.60 bits per heavy atom. The van der Waals surface area contributed by atoms with Crippen molar-refractivity contribution in [2.75, 3.05) is 28.7 Å². The fourth-order valence-corrected chi connectivity index (χ4v) is 4.80. The molecule has 0 amide bonds. The second-order valence-corrected chi connectivity index (χ2v) is 7.61. The molecule has 0 aromatic heterocycles. The van der Waals surface area contributed by atoms with Crippen LogP contribution in [0.3, 0.4) is 0 Å². The van der Waals surface area contributed by atoms with Crippen molar-refractivity contribution < 1.29 is 12.8 Å². The van der Waals surface area contributed by atoms with E-state index in [9.17, 15) is 12.8 Å². The van der Waals surface area contributed by atoms with Crippen LogP contribution in [0.2, 0.25) is 0 Å². The number of halogens is 2. The number of nitrogens with one attached hydrogen (secondary N) is 1. The molecule has 1 aliphatic heterocycles. The summed E-state index contributed by atoms with van der Waals surface area (Å²) in [5.41, 5.74) is 1.08. The molecule has 1 N–H and O–H groups in total. The summed E-state index contributed by atoms with van der Waals surface area (Å²) in [7, 11) is -2.05. The zero-order valence-electron chi connectivity index (χ0n) is 14.0. The third-order valence-corrected chi connectivity index (χ3v) is 5.74. The Morgan fingerprint density at radius 1 is 1.04 bits per heavy atom. The van der Waals surface area contributed by atoms with E-state index in [1.54, 1.807) is 36.4 Å². The van der Waals surface area contributed by atoms with Gasteiger partial charge >= 0.3 is 10.2 Å². The van der Waals surface area contributed by atoms with Gasteiger partial charge in [-0.05, 0) is 43.8 Å². The molecule has 25 heavy (non-hydrogen) atoms. The first kappa shape index (κ1) is 19.5. The number of rotatable bonds is 5. The quantitative estimate of drug-likeness (QED) is 0.859. The van der Waals surface area contributed by atoms with Gasteiger partial charge in [-0.15, -0.1) is 12.4 Å². The Hall–Kier alpha value is -1.83. The first-order valence-corrected chi connectivity index (χ1v) is 9.17. The molecule has 0 saturated carbocycles. The first-order valence-electron chi connectivity index (χ1n) is 7.78. The van der Waals surface area contributed by atoms with E-state index in [-0.39, 0.29) is 24.0 Å². The maximum absolute atomic E-state index is 14.3. The molecule has 1 aliphatic rings. The molecule has 0 spiro atoms. The maximum Gasteiger partial charge on any atom is 0.331 e. The number of fused-ring (bicyclic) bond motifs is 1. The fourth-order valence-electron chi connectivity index (χ4n) is 2.95. The molecular weight excluding hydrogens is 365 g/mol. The molecule has 1 heterocycles.